The number of carbonyl (C=O) groups excluding carboxylic acids is 1. The van der Waals surface area contributed by atoms with Crippen LogP contribution in [0.25, 0.3) is 5.57 Å². The van der Waals surface area contributed by atoms with Crippen LogP contribution in [-0.4, -0.2) is 18.6 Å². The number of esters is 1. The molecular formula is C13H19NO2S. The highest BCUT2D eigenvalue weighted by molar-refractivity contribution is 7.13. The molecule has 0 aliphatic heterocycles. The smallest absolute Gasteiger partial charge is 0.331 e. The maximum Gasteiger partial charge on any atom is 0.331 e. The van der Waals surface area contributed by atoms with E-state index in [0.29, 0.717) is 6.61 Å². The van der Waals surface area contributed by atoms with Gasteiger partial charge in [0, 0.05) is 21.9 Å². The van der Waals surface area contributed by atoms with Crippen molar-refractivity contribution in [3.8, 4) is 0 Å². The molecule has 0 aromatic carbocycles. The van der Waals surface area contributed by atoms with Gasteiger partial charge in [0.1, 0.15) is 0 Å². The summed E-state index contributed by atoms with van der Waals surface area (Å²) in [6, 6.07) is 4.25. The van der Waals surface area contributed by atoms with Gasteiger partial charge in [-0.3, -0.25) is 0 Å². The zero-order valence-corrected chi connectivity index (χ0v) is 11.3. The Hall–Kier alpha value is -1.13. The van der Waals surface area contributed by atoms with Crippen molar-refractivity contribution >= 4 is 22.9 Å². The van der Waals surface area contributed by atoms with Gasteiger partial charge in [0.05, 0.1) is 6.61 Å². The molecule has 1 heterocycles. The summed E-state index contributed by atoms with van der Waals surface area (Å²) in [4.78, 5) is 13.6. The van der Waals surface area contributed by atoms with E-state index in [1.165, 1.54) is 11.0 Å². The van der Waals surface area contributed by atoms with Crippen LogP contribution in [0.1, 0.15) is 30.5 Å². The van der Waals surface area contributed by atoms with Crippen LogP contribution < -0.4 is 5.73 Å². The summed E-state index contributed by atoms with van der Waals surface area (Å²) in [6.45, 7) is 6.11. The molecule has 0 saturated carbocycles. The maximum absolute atomic E-state index is 11.3. The molecule has 0 radical (unpaired) electrons. The molecule has 0 aliphatic carbocycles. The molecule has 0 aliphatic rings. The van der Waals surface area contributed by atoms with Gasteiger partial charge in [0.2, 0.25) is 0 Å². The van der Waals surface area contributed by atoms with Crippen molar-refractivity contribution in [1.82, 2.24) is 0 Å². The van der Waals surface area contributed by atoms with Crippen LogP contribution >= 0.6 is 11.3 Å². The number of ether oxygens (including phenoxy) is 1. The quantitative estimate of drug-likeness (QED) is 0.648. The fourth-order valence-corrected chi connectivity index (χ4v) is 2.57. The topological polar surface area (TPSA) is 52.3 Å². The Morgan fingerprint density at radius 3 is 2.88 bits per heavy atom. The maximum atomic E-state index is 11.3. The number of carbonyl (C=O) groups is 1. The van der Waals surface area contributed by atoms with E-state index >= 15 is 0 Å². The normalized spacial score (nSPS) is 13.5. The average Bonchev–Trinajstić information content (AvgIpc) is 2.65. The SMILES string of the molecule is CCOC(=O)/C=C(\C)c1ccc(CC(C)N)s1. The molecule has 0 spiro atoms. The first-order valence-electron chi connectivity index (χ1n) is 5.72. The molecule has 2 N–H and O–H groups in total. The van der Waals surface area contributed by atoms with E-state index in [2.05, 4.69) is 6.07 Å². The van der Waals surface area contributed by atoms with Gasteiger partial charge in [-0.2, -0.15) is 0 Å². The summed E-state index contributed by atoms with van der Waals surface area (Å²) < 4.78 is 4.87. The fourth-order valence-electron chi connectivity index (χ4n) is 1.45. The number of hydrogen-bond acceptors (Lipinski definition) is 4. The molecule has 1 atom stereocenters. The Balaban J connectivity index is 2.72. The summed E-state index contributed by atoms with van der Waals surface area (Å²) >= 11 is 1.67. The fraction of sp³-hybridized carbons (Fsp3) is 0.462. The van der Waals surface area contributed by atoms with Gasteiger partial charge in [-0.25, -0.2) is 4.79 Å². The van der Waals surface area contributed by atoms with Crippen LogP contribution in [0.3, 0.4) is 0 Å². The van der Waals surface area contributed by atoms with Crippen LogP contribution in [0.5, 0.6) is 0 Å². The Morgan fingerprint density at radius 1 is 1.59 bits per heavy atom. The Bertz CT molecular complexity index is 407. The van der Waals surface area contributed by atoms with Crippen molar-refractivity contribution in [3.05, 3.63) is 28.0 Å². The lowest BCUT2D eigenvalue weighted by Gasteiger charge is -2.01. The van der Waals surface area contributed by atoms with E-state index in [1.54, 1.807) is 18.3 Å². The third kappa shape index (κ3) is 4.71. The molecule has 1 aromatic rings. The number of hydrogen-bond donors (Lipinski definition) is 1. The van der Waals surface area contributed by atoms with Crippen molar-refractivity contribution in [2.24, 2.45) is 5.73 Å². The lowest BCUT2D eigenvalue weighted by Crippen LogP contribution is -2.16. The molecule has 1 unspecified atom stereocenters. The third-order valence-electron chi connectivity index (χ3n) is 2.19. The molecule has 3 nitrogen and oxygen atoms in total. The van der Waals surface area contributed by atoms with Crippen LogP contribution in [-0.2, 0) is 16.0 Å². The van der Waals surface area contributed by atoms with Gasteiger partial charge < -0.3 is 10.5 Å². The Morgan fingerprint density at radius 2 is 2.29 bits per heavy atom. The number of thiophene rings is 1. The second kappa shape index (κ2) is 6.57. The number of rotatable bonds is 5. The van der Waals surface area contributed by atoms with Crippen molar-refractivity contribution in [3.63, 3.8) is 0 Å². The first kappa shape index (κ1) is 13.9. The highest BCUT2D eigenvalue weighted by Gasteiger charge is 2.06. The summed E-state index contributed by atoms with van der Waals surface area (Å²) in [5.74, 6) is -0.285. The highest BCUT2D eigenvalue weighted by Crippen LogP contribution is 2.24. The van der Waals surface area contributed by atoms with E-state index < -0.39 is 0 Å². The van der Waals surface area contributed by atoms with Crippen LogP contribution in [0.15, 0.2) is 18.2 Å². The average molecular weight is 253 g/mol. The first-order valence-corrected chi connectivity index (χ1v) is 6.54. The van der Waals surface area contributed by atoms with E-state index in [0.717, 1.165) is 16.9 Å². The van der Waals surface area contributed by atoms with Crippen LogP contribution in [0.4, 0.5) is 0 Å². The first-order chi connectivity index (χ1) is 8.02. The Labute approximate surface area is 106 Å². The van der Waals surface area contributed by atoms with E-state index in [9.17, 15) is 4.79 Å². The van der Waals surface area contributed by atoms with Crippen molar-refractivity contribution in [2.75, 3.05) is 6.61 Å². The van der Waals surface area contributed by atoms with E-state index in [-0.39, 0.29) is 12.0 Å². The second-order valence-corrected chi connectivity index (χ2v) is 5.20. The lowest BCUT2D eigenvalue weighted by atomic mass is 10.2. The summed E-state index contributed by atoms with van der Waals surface area (Å²) in [5.41, 5.74) is 6.68. The van der Waals surface area contributed by atoms with Crippen LogP contribution in [0.2, 0.25) is 0 Å². The molecule has 4 heteroatoms. The zero-order valence-electron chi connectivity index (χ0n) is 10.5. The summed E-state index contributed by atoms with van der Waals surface area (Å²) in [5, 5.41) is 0. The monoisotopic (exact) mass is 253 g/mol. The van der Waals surface area contributed by atoms with Gasteiger partial charge >= 0.3 is 5.97 Å². The van der Waals surface area contributed by atoms with Crippen molar-refractivity contribution < 1.29 is 9.53 Å². The third-order valence-corrected chi connectivity index (χ3v) is 3.44. The molecule has 0 fully saturated rings. The largest absolute Gasteiger partial charge is 0.463 e. The molecule has 0 amide bonds. The minimum atomic E-state index is -0.285. The molecule has 94 valence electrons. The predicted octanol–water partition coefficient (Wildman–Crippen LogP) is 2.60. The van der Waals surface area contributed by atoms with Crippen molar-refractivity contribution in [1.29, 1.82) is 0 Å². The van der Waals surface area contributed by atoms with Gasteiger partial charge in [0.15, 0.2) is 0 Å². The second-order valence-electron chi connectivity index (χ2n) is 4.03. The number of allylic oxidation sites excluding steroid dienone is 1. The minimum Gasteiger partial charge on any atom is -0.463 e. The molecule has 0 bridgehead atoms. The standard InChI is InChI=1S/C13H19NO2S/c1-4-16-13(15)7-9(2)12-6-5-11(17-12)8-10(3)14/h5-7,10H,4,8,14H2,1-3H3/b9-7+. The minimum absolute atomic E-state index is 0.163. The van der Waals surface area contributed by atoms with Crippen molar-refractivity contribution in [2.45, 2.75) is 33.2 Å². The molecular weight excluding hydrogens is 234 g/mol. The molecule has 17 heavy (non-hydrogen) atoms. The zero-order chi connectivity index (χ0) is 12.8. The van der Waals surface area contributed by atoms with E-state index in [1.807, 2.05) is 19.9 Å². The predicted molar refractivity (Wildman–Crippen MR) is 72.0 cm³/mol. The van der Waals surface area contributed by atoms with Gasteiger partial charge in [-0.15, -0.1) is 11.3 Å². The summed E-state index contributed by atoms with van der Waals surface area (Å²) in [7, 11) is 0. The molecule has 1 aromatic heterocycles. The Kier molecular flexibility index (Phi) is 5.38. The lowest BCUT2D eigenvalue weighted by molar-refractivity contribution is -0.137. The molecule has 0 saturated heterocycles. The van der Waals surface area contributed by atoms with Gasteiger partial charge in [-0.05, 0) is 44.9 Å². The highest BCUT2D eigenvalue weighted by atomic mass is 32.1. The number of nitrogens with two attached hydrogens (primary N) is 1. The van der Waals surface area contributed by atoms with Gasteiger partial charge in [-0.1, -0.05) is 0 Å². The summed E-state index contributed by atoms with van der Waals surface area (Å²) in [6.07, 6.45) is 2.41. The van der Waals surface area contributed by atoms with Gasteiger partial charge in [0.25, 0.3) is 0 Å². The van der Waals surface area contributed by atoms with E-state index in [4.69, 9.17) is 10.5 Å². The van der Waals surface area contributed by atoms with Crippen LogP contribution in [0, 0.1) is 0 Å². The molecule has 1 rings (SSSR count).